The number of ether oxygens (including phenoxy) is 2. The standard InChI is InChI=1S/C16H35NO2/c1-13(2)18-11-9-15(5,6)17-16(7,8)10-12-19-14(3)4/h13-14,17H,9-12H2,1-8H3. The van der Waals surface area contributed by atoms with Crippen LogP contribution >= 0.6 is 0 Å². The van der Waals surface area contributed by atoms with Gasteiger partial charge in [-0.3, -0.25) is 0 Å². The van der Waals surface area contributed by atoms with Crippen molar-refractivity contribution < 1.29 is 9.47 Å². The highest BCUT2D eigenvalue weighted by molar-refractivity contribution is 4.88. The van der Waals surface area contributed by atoms with Gasteiger partial charge in [0.2, 0.25) is 0 Å². The predicted octanol–water partition coefficient (Wildman–Crippen LogP) is 3.76. The van der Waals surface area contributed by atoms with Crippen LogP contribution in [0.15, 0.2) is 0 Å². The number of hydrogen-bond donors (Lipinski definition) is 1. The third-order valence-corrected chi connectivity index (χ3v) is 3.03. The highest BCUT2D eigenvalue weighted by Gasteiger charge is 2.27. The highest BCUT2D eigenvalue weighted by atomic mass is 16.5. The molecule has 0 fully saturated rings. The van der Waals surface area contributed by atoms with Gasteiger partial charge in [0.15, 0.2) is 0 Å². The fourth-order valence-electron chi connectivity index (χ4n) is 2.14. The van der Waals surface area contributed by atoms with Crippen LogP contribution < -0.4 is 5.32 Å². The monoisotopic (exact) mass is 273 g/mol. The molecule has 0 radical (unpaired) electrons. The molecule has 0 atom stereocenters. The molecule has 0 amide bonds. The molecule has 0 saturated carbocycles. The van der Waals surface area contributed by atoms with Gasteiger partial charge in [-0.25, -0.2) is 0 Å². The molecule has 3 heteroatoms. The Morgan fingerprint density at radius 2 is 1.05 bits per heavy atom. The van der Waals surface area contributed by atoms with E-state index in [1.807, 2.05) is 0 Å². The zero-order chi connectivity index (χ0) is 15.1. The summed E-state index contributed by atoms with van der Waals surface area (Å²) in [7, 11) is 0. The molecule has 0 aliphatic heterocycles. The number of rotatable bonds is 10. The van der Waals surface area contributed by atoms with Crippen molar-refractivity contribution in [2.45, 2.75) is 91.5 Å². The van der Waals surface area contributed by atoms with E-state index in [2.05, 4.69) is 60.7 Å². The Balaban J connectivity index is 4.06. The Kier molecular flexibility index (Phi) is 8.18. The molecule has 0 aliphatic carbocycles. The topological polar surface area (TPSA) is 30.5 Å². The molecule has 0 unspecified atom stereocenters. The van der Waals surface area contributed by atoms with Crippen LogP contribution in [0.25, 0.3) is 0 Å². The van der Waals surface area contributed by atoms with Crippen LogP contribution in [0.4, 0.5) is 0 Å². The van der Waals surface area contributed by atoms with Crippen molar-refractivity contribution in [3.8, 4) is 0 Å². The van der Waals surface area contributed by atoms with Gasteiger partial charge < -0.3 is 14.8 Å². The first-order valence-corrected chi connectivity index (χ1v) is 7.57. The highest BCUT2D eigenvalue weighted by Crippen LogP contribution is 2.18. The maximum atomic E-state index is 5.64. The minimum Gasteiger partial charge on any atom is -0.379 e. The maximum absolute atomic E-state index is 5.64. The Labute approximate surface area is 120 Å². The van der Waals surface area contributed by atoms with E-state index >= 15 is 0 Å². The van der Waals surface area contributed by atoms with Crippen LogP contribution in [0.5, 0.6) is 0 Å². The second-order valence-electron chi connectivity index (χ2n) is 7.23. The second-order valence-corrected chi connectivity index (χ2v) is 7.23. The third-order valence-electron chi connectivity index (χ3n) is 3.03. The Morgan fingerprint density at radius 3 is 1.32 bits per heavy atom. The van der Waals surface area contributed by atoms with E-state index in [9.17, 15) is 0 Å². The van der Waals surface area contributed by atoms with E-state index in [0.29, 0.717) is 12.2 Å². The molecule has 1 N–H and O–H groups in total. The summed E-state index contributed by atoms with van der Waals surface area (Å²) in [6.07, 6.45) is 2.64. The Morgan fingerprint density at radius 1 is 0.737 bits per heavy atom. The van der Waals surface area contributed by atoms with Crippen LogP contribution in [-0.4, -0.2) is 36.5 Å². The summed E-state index contributed by atoms with van der Waals surface area (Å²) >= 11 is 0. The fraction of sp³-hybridized carbons (Fsp3) is 1.00. The molecular formula is C16H35NO2. The van der Waals surface area contributed by atoms with E-state index in [0.717, 1.165) is 26.1 Å². The third kappa shape index (κ3) is 11.4. The molecule has 3 nitrogen and oxygen atoms in total. The van der Waals surface area contributed by atoms with Crippen molar-refractivity contribution in [1.29, 1.82) is 0 Å². The van der Waals surface area contributed by atoms with Gasteiger partial charge in [0.25, 0.3) is 0 Å². The Hall–Kier alpha value is -0.120. The fourth-order valence-corrected chi connectivity index (χ4v) is 2.14. The molecular weight excluding hydrogens is 238 g/mol. The smallest absolute Gasteiger partial charge is 0.0518 e. The van der Waals surface area contributed by atoms with Crippen LogP contribution in [0.1, 0.15) is 68.2 Å². The summed E-state index contributed by atoms with van der Waals surface area (Å²) in [5, 5.41) is 3.72. The largest absolute Gasteiger partial charge is 0.379 e. The summed E-state index contributed by atoms with van der Waals surface area (Å²) in [5.74, 6) is 0. The van der Waals surface area contributed by atoms with Crippen molar-refractivity contribution in [2.24, 2.45) is 0 Å². The first-order valence-electron chi connectivity index (χ1n) is 7.57. The predicted molar refractivity (Wildman–Crippen MR) is 82.7 cm³/mol. The van der Waals surface area contributed by atoms with Gasteiger partial charge in [-0.1, -0.05) is 0 Å². The molecule has 19 heavy (non-hydrogen) atoms. The summed E-state index contributed by atoms with van der Waals surface area (Å²) in [6.45, 7) is 18.9. The van der Waals surface area contributed by atoms with E-state index in [4.69, 9.17) is 9.47 Å². The van der Waals surface area contributed by atoms with Gasteiger partial charge >= 0.3 is 0 Å². The normalized spacial score (nSPS) is 13.6. The van der Waals surface area contributed by atoms with Crippen LogP contribution in [0.3, 0.4) is 0 Å². The molecule has 0 heterocycles. The molecule has 0 rings (SSSR count). The van der Waals surface area contributed by atoms with Gasteiger partial charge in [0.1, 0.15) is 0 Å². The maximum Gasteiger partial charge on any atom is 0.0518 e. The van der Waals surface area contributed by atoms with E-state index in [1.54, 1.807) is 0 Å². The molecule has 0 bridgehead atoms. The van der Waals surface area contributed by atoms with Crippen molar-refractivity contribution in [3.05, 3.63) is 0 Å². The molecule has 0 saturated heterocycles. The Bertz CT molecular complexity index is 211. The molecule has 0 aromatic heterocycles. The second kappa shape index (κ2) is 8.23. The molecule has 0 aromatic rings. The van der Waals surface area contributed by atoms with Gasteiger partial charge in [-0.05, 0) is 68.2 Å². The lowest BCUT2D eigenvalue weighted by Gasteiger charge is -2.37. The zero-order valence-corrected chi connectivity index (χ0v) is 14.3. The summed E-state index contributed by atoms with van der Waals surface area (Å²) < 4.78 is 11.3. The number of hydrogen-bond acceptors (Lipinski definition) is 3. The van der Waals surface area contributed by atoms with E-state index in [-0.39, 0.29) is 11.1 Å². The molecule has 116 valence electrons. The van der Waals surface area contributed by atoms with Crippen molar-refractivity contribution in [2.75, 3.05) is 13.2 Å². The minimum atomic E-state index is 0.0796. The van der Waals surface area contributed by atoms with Gasteiger partial charge in [-0.2, -0.15) is 0 Å². The summed E-state index contributed by atoms with van der Waals surface area (Å²) in [6, 6.07) is 0. The lowest BCUT2D eigenvalue weighted by molar-refractivity contribution is 0.0478. The van der Waals surface area contributed by atoms with Crippen molar-refractivity contribution in [1.82, 2.24) is 5.32 Å². The average molecular weight is 273 g/mol. The SMILES string of the molecule is CC(C)OCCC(C)(C)NC(C)(C)CCOC(C)C. The lowest BCUT2D eigenvalue weighted by Crippen LogP contribution is -2.53. The zero-order valence-electron chi connectivity index (χ0n) is 14.3. The minimum absolute atomic E-state index is 0.0796. The van der Waals surface area contributed by atoms with E-state index in [1.165, 1.54) is 0 Å². The van der Waals surface area contributed by atoms with Gasteiger partial charge in [0.05, 0.1) is 12.2 Å². The van der Waals surface area contributed by atoms with Gasteiger partial charge in [-0.15, -0.1) is 0 Å². The number of nitrogens with one attached hydrogen (secondary N) is 1. The molecule has 0 aromatic carbocycles. The summed E-state index contributed by atoms with van der Waals surface area (Å²) in [4.78, 5) is 0. The van der Waals surface area contributed by atoms with Crippen molar-refractivity contribution in [3.63, 3.8) is 0 Å². The van der Waals surface area contributed by atoms with Crippen LogP contribution in [0, 0.1) is 0 Å². The average Bonchev–Trinajstić information content (AvgIpc) is 2.12. The first-order chi connectivity index (χ1) is 8.54. The van der Waals surface area contributed by atoms with Crippen LogP contribution in [-0.2, 0) is 9.47 Å². The van der Waals surface area contributed by atoms with E-state index < -0.39 is 0 Å². The quantitative estimate of drug-likeness (QED) is 0.657. The molecule has 0 aliphatic rings. The molecule has 0 spiro atoms. The first kappa shape index (κ1) is 18.9. The van der Waals surface area contributed by atoms with Gasteiger partial charge in [0, 0.05) is 24.3 Å². The van der Waals surface area contributed by atoms with Crippen molar-refractivity contribution >= 4 is 0 Å². The lowest BCUT2D eigenvalue weighted by atomic mass is 9.92. The van der Waals surface area contributed by atoms with Crippen LogP contribution in [0.2, 0.25) is 0 Å². The summed E-state index contributed by atoms with van der Waals surface area (Å²) in [5.41, 5.74) is 0.159.